The SMILES string of the molecule is CCCNC(=O)COc1ccc(C(C)=O)cc1[N+](=O)[O-]. The molecular formula is C13H16N2O5. The topological polar surface area (TPSA) is 98.5 Å². The van der Waals surface area contributed by atoms with Gasteiger partial charge in [0.25, 0.3) is 5.91 Å². The summed E-state index contributed by atoms with van der Waals surface area (Å²) in [5.41, 5.74) is -0.111. The Kier molecular flexibility index (Phi) is 5.64. The molecule has 0 radical (unpaired) electrons. The Bertz CT molecular complexity index is 527. The normalized spacial score (nSPS) is 9.90. The smallest absolute Gasteiger partial charge is 0.311 e. The van der Waals surface area contributed by atoms with Crippen molar-refractivity contribution in [1.82, 2.24) is 5.32 Å². The number of ketones is 1. The van der Waals surface area contributed by atoms with Crippen molar-refractivity contribution in [3.63, 3.8) is 0 Å². The molecule has 1 aromatic carbocycles. The molecule has 0 saturated heterocycles. The highest BCUT2D eigenvalue weighted by molar-refractivity contribution is 5.95. The molecule has 0 heterocycles. The molecular weight excluding hydrogens is 264 g/mol. The molecule has 0 aliphatic carbocycles. The van der Waals surface area contributed by atoms with Crippen LogP contribution >= 0.6 is 0 Å². The van der Waals surface area contributed by atoms with Gasteiger partial charge in [0.2, 0.25) is 0 Å². The lowest BCUT2D eigenvalue weighted by Crippen LogP contribution is -2.29. The summed E-state index contributed by atoms with van der Waals surface area (Å²) in [5.74, 6) is -0.663. The van der Waals surface area contributed by atoms with E-state index in [1.54, 1.807) is 0 Å². The van der Waals surface area contributed by atoms with Crippen LogP contribution in [0.2, 0.25) is 0 Å². The van der Waals surface area contributed by atoms with Gasteiger partial charge in [0, 0.05) is 18.2 Å². The minimum absolute atomic E-state index is 0.0355. The third-order valence-corrected chi connectivity index (χ3v) is 2.49. The van der Waals surface area contributed by atoms with Gasteiger partial charge in [-0.25, -0.2) is 0 Å². The number of carbonyl (C=O) groups excluding carboxylic acids is 2. The van der Waals surface area contributed by atoms with E-state index in [1.807, 2.05) is 6.92 Å². The zero-order chi connectivity index (χ0) is 15.1. The predicted molar refractivity (Wildman–Crippen MR) is 71.9 cm³/mol. The van der Waals surface area contributed by atoms with Crippen molar-refractivity contribution >= 4 is 17.4 Å². The predicted octanol–water partition coefficient (Wildman–Crippen LogP) is 1.70. The number of hydrogen-bond acceptors (Lipinski definition) is 5. The highest BCUT2D eigenvalue weighted by Gasteiger charge is 2.18. The number of hydrogen-bond donors (Lipinski definition) is 1. The fourth-order valence-corrected chi connectivity index (χ4v) is 1.46. The minimum atomic E-state index is -0.647. The Morgan fingerprint density at radius 2 is 2.10 bits per heavy atom. The lowest BCUT2D eigenvalue weighted by atomic mass is 10.1. The molecule has 0 aromatic heterocycles. The lowest BCUT2D eigenvalue weighted by molar-refractivity contribution is -0.385. The number of nitrogens with one attached hydrogen (secondary N) is 1. The van der Waals surface area contributed by atoms with E-state index >= 15 is 0 Å². The van der Waals surface area contributed by atoms with E-state index in [0.717, 1.165) is 12.5 Å². The molecule has 0 atom stereocenters. The molecule has 0 aliphatic rings. The number of benzene rings is 1. The monoisotopic (exact) mass is 280 g/mol. The van der Waals surface area contributed by atoms with Gasteiger partial charge in [0.15, 0.2) is 18.1 Å². The summed E-state index contributed by atoms with van der Waals surface area (Å²) in [5, 5.41) is 13.5. The van der Waals surface area contributed by atoms with Crippen LogP contribution in [0.25, 0.3) is 0 Å². The number of nitro groups is 1. The molecule has 0 saturated carbocycles. The molecule has 7 heteroatoms. The van der Waals surface area contributed by atoms with Crippen LogP contribution in [0.4, 0.5) is 5.69 Å². The van der Waals surface area contributed by atoms with E-state index in [1.165, 1.54) is 19.1 Å². The Morgan fingerprint density at radius 3 is 2.65 bits per heavy atom. The van der Waals surface area contributed by atoms with E-state index in [9.17, 15) is 19.7 Å². The van der Waals surface area contributed by atoms with Crippen molar-refractivity contribution in [3.8, 4) is 5.75 Å². The van der Waals surface area contributed by atoms with Gasteiger partial charge in [0.1, 0.15) is 0 Å². The second-order valence-corrected chi connectivity index (χ2v) is 4.13. The van der Waals surface area contributed by atoms with Crippen molar-refractivity contribution in [1.29, 1.82) is 0 Å². The minimum Gasteiger partial charge on any atom is -0.477 e. The maximum Gasteiger partial charge on any atom is 0.311 e. The van der Waals surface area contributed by atoms with Gasteiger partial charge in [-0.1, -0.05) is 6.92 Å². The van der Waals surface area contributed by atoms with Crippen molar-refractivity contribution in [2.75, 3.05) is 13.2 Å². The van der Waals surface area contributed by atoms with Gasteiger partial charge in [0.05, 0.1) is 4.92 Å². The fourth-order valence-electron chi connectivity index (χ4n) is 1.46. The molecule has 20 heavy (non-hydrogen) atoms. The van der Waals surface area contributed by atoms with E-state index in [2.05, 4.69) is 5.32 Å². The summed E-state index contributed by atoms with van der Waals surface area (Å²) in [6.45, 7) is 3.44. The quantitative estimate of drug-likeness (QED) is 0.465. The van der Waals surface area contributed by atoms with E-state index < -0.39 is 4.92 Å². The maximum absolute atomic E-state index is 11.4. The molecule has 1 aromatic rings. The summed E-state index contributed by atoms with van der Waals surface area (Å²) < 4.78 is 5.13. The summed E-state index contributed by atoms with van der Waals surface area (Å²) in [7, 11) is 0. The van der Waals surface area contributed by atoms with Gasteiger partial charge in [-0.3, -0.25) is 19.7 Å². The van der Waals surface area contributed by atoms with Gasteiger partial charge in [-0.2, -0.15) is 0 Å². The number of nitro benzene ring substituents is 1. The average molecular weight is 280 g/mol. The molecule has 0 spiro atoms. The number of rotatable bonds is 7. The van der Waals surface area contributed by atoms with Crippen LogP contribution in [-0.4, -0.2) is 29.8 Å². The van der Waals surface area contributed by atoms with Crippen LogP contribution in [0.3, 0.4) is 0 Å². The zero-order valence-corrected chi connectivity index (χ0v) is 11.3. The van der Waals surface area contributed by atoms with Crippen LogP contribution < -0.4 is 10.1 Å². The molecule has 7 nitrogen and oxygen atoms in total. The number of carbonyl (C=O) groups is 2. The first-order valence-corrected chi connectivity index (χ1v) is 6.14. The standard InChI is InChI=1S/C13H16N2O5/c1-3-6-14-13(17)8-20-12-5-4-10(9(2)16)7-11(12)15(18)19/h4-5,7H,3,6,8H2,1-2H3,(H,14,17). The number of nitrogens with zero attached hydrogens (tertiary/aromatic N) is 1. The van der Waals surface area contributed by atoms with Gasteiger partial charge < -0.3 is 10.1 Å². The highest BCUT2D eigenvalue weighted by Crippen LogP contribution is 2.28. The summed E-state index contributed by atoms with van der Waals surface area (Å²) >= 11 is 0. The number of ether oxygens (including phenoxy) is 1. The Morgan fingerprint density at radius 1 is 1.40 bits per heavy atom. The Labute approximate surface area is 116 Å². The van der Waals surface area contributed by atoms with Crippen LogP contribution in [0.15, 0.2) is 18.2 Å². The number of Topliss-reactive ketones (excluding diaryl/α,β-unsaturated/α-hetero) is 1. The first-order chi connectivity index (χ1) is 9.45. The lowest BCUT2D eigenvalue weighted by Gasteiger charge is -2.07. The summed E-state index contributed by atoms with van der Waals surface area (Å²) in [6, 6.07) is 3.89. The van der Waals surface area contributed by atoms with Gasteiger partial charge >= 0.3 is 5.69 Å². The first kappa shape index (κ1) is 15.6. The highest BCUT2D eigenvalue weighted by atomic mass is 16.6. The first-order valence-electron chi connectivity index (χ1n) is 6.14. The molecule has 1 amide bonds. The molecule has 108 valence electrons. The molecule has 0 aliphatic heterocycles. The van der Waals surface area contributed by atoms with Crippen LogP contribution in [0.1, 0.15) is 30.6 Å². The van der Waals surface area contributed by atoms with E-state index in [4.69, 9.17) is 4.74 Å². The van der Waals surface area contributed by atoms with Gasteiger partial charge in [-0.15, -0.1) is 0 Å². The third kappa shape index (κ3) is 4.34. The van der Waals surface area contributed by atoms with Crippen molar-refractivity contribution in [2.45, 2.75) is 20.3 Å². The maximum atomic E-state index is 11.4. The second-order valence-electron chi connectivity index (χ2n) is 4.13. The number of amides is 1. The van der Waals surface area contributed by atoms with Crippen molar-refractivity contribution in [3.05, 3.63) is 33.9 Å². The summed E-state index contributed by atoms with van der Waals surface area (Å²) in [4.78, 5) is 32.8. The van der Waals surface area contributed by atoms with Crippen LogP contribution in [0.5, 0.6) is 5.75 Å². The molecule has 1 rings (SSSR count). The van der Waals surface area contributed by atoms with Crippen molar-refractivity contribution < 1.29 is 19.2 Å². The zero-order valence-electron chi connectivity index (χ0n) is 11.3. The van der Waals surface area contributed by atoms with E-state index in [0.29, 0.717) is 6.54 Å². The van der Waals surface area contributed by atoms with E-state index in [-0.39, 0.29) is 35.3 Å². The Hall–Kier alpha value is -2.44. The van der Waals surface area contributed by atoms with Crippen LogP contribution in [0, 0.1) is 10.1 Å². The Balaban J connectivity index is 2.81. The fraction of sp³-hybridized carbons (Fsp3) is 0.385. The van der Waals surface area contributed by atoms with Crippen LogP contribution in [-0.2, 0) is 4.79 Å². The summed E-state index contributed by atoms with van der Waals surface area (Å²) in [6.07, 6.45) is 0.791. The van der Waals surface area contributed by atoms with Gasteiger partial charge in [-0.05, 0) is 25.5 Å². The molecule has 0 unspecified atom stereocenters. The molecule has 1 N–H and O–H groups in total. The van der Waals surface area contributed by atoms with Crippen molar-refractivity contribution in [2.24, 2.45) is 0 Å². The molecule has 0 bridgehead atoms. The molecule has 0 fully saturated rings. The average Bonchev–Trinajstić information content (AvgIpc) is 2.42. The largest absolute Gasteiger partial charge is 0.477 e. The third-order valence-electron chi connectivity index (χ3n) is 2.49. The second kappa shape index (κ2) is 7.22.